The standard InChI is InChI=1S/C18H17ClFN3/c1-3-11-7-14-17(8-12(11)4-2)21-10-22-18(14)23-13-5-6-16(20)15(19)9-13/h5-10H,3-4H2,1-2H3,(H,21,22,23). The summed E-state index contributed by atoms with van der Waals surface area (Å²) >= 11 is 5.84. The first-order chi connectivity index (χ1) is 11.1. The number of hydrogen-bond acceptors (Lipinski definition) is 3. The van der Waals surface area contributed by atoms with Crippen molar-refractivity contribution >= 4 is 34.0 Å². The number of hydrogen-bond donors (Lipinski definition) is 1. The molecule has 0 radical (unpaired) electrons. The quantitative estimate of drug-likeness (QED) is 0.706. The van der Waals surface area contributed by atoms with Crippen molar-refractivity contribution in [2.75, 3.05) is 5.32 Å². The van der Waals surface area contributed by atoms with Gasteiger partial charge in [-0.3, -0.25) is 0 Å². The van der Waals surface area contributed by atoms with Crippen LogP contribution in [0.3, 0.4) is 0 Å². The smallest absolute Gasteiger partial charge is 0.141 e. The molecule has 0 aliphatic carbocycles. The highest BCUT2D eigenvalue weighted by Gasteiger charge is 2.09. The minimum atomic E-state index is -0.439. The molecule has 0 saturated carbocycles. The summed E-state index contributed by atoms with van der Waals surface area (Å²) in [6.07, 6.45) is 3.45. The van der Waals surface area contributed by atoms with Crippen molar-refractivity contribution in [1.82, 2.24) is 9.97 Å². The molecule has 0 amide bonds. The van der Waals surface area contributed by atoms with Gasteiger partial charge in [0.1, 0.15) is 18.0 Å². The molecule has 1 aromatic heterocycles. The van der Waals surface area contributed by atoms with Gasteiger partial charge < -0.3 is 5.32 Å². The van der Waals surface area contributed by atoms with Crippen LogP contribution in [0.15, 0.2) is 36.7 Å². The van der Waals surface area contributed by atoms with E-state index in [-0.39, 0.29) is 5.02 Å². The molecule has 2 aromatic carbocycles. The number of aromatic nitrogens is 2. The Labute approximate surface area is 139 Å². The summed E-state index contributed by atoms with van der Waals surface area (Å²) in [6, 6.07) is 8.75. The van der Waals surface area contributed by atoms with Crippen LogP contribution in [0.25, 0.3) is 10.9 Å². The number of benzene rings is 2. The third-order valence-corrected chi connectivity index (χ3v) is 4.19. The molecule has 1 heterocycles. The molecule has 0 fully saturated rings. The van der Waals surface area contributed by atoms with E-state index in [4.69, 9.17) is 11.6 Å². The Hall–Kier alpha value is -2.20. The molecule has 0 aliphatic rings. The van der Waals surface area contributed by atoms with Crippen molar-refractivity contribution in [3.8, 4) is 0 Å². The summed E-state index contributed by atoms with van der Waals surface area (Å²) in [5.41, 5.74) is 4.17. The number of aryl methyl sites for hydroxylation is 2. The number of rotatable bonds is 4. The van der Waals surface area contributed by atoms with E-state index in [2.05, 4.69) is 41.3 Å². The van der Waals surface area contributed by atoms with Gasteiger partial charge in [0.25, 0.3) is 0 Å². The minimum absolute atomic E-state index is 0.0795. The molecule has 0 saturated heterocycles. The van der Waals surface area contributed by atoms with Gasteiger partial charge in [0.2, 0.25) is 0 Å². The van der Waals surface area contributed by atoms with Gasteiger partial charge >= 0.3 is 0 Å². The molecule has 118 valence electrons. The van der Waals surface area contributed by atoms with Crippen LogP contribution in [0.4, 0.5) is 15.9 Å². The van der Waals surface area contributed by atoms with E-state index in [9.17, 15) is 4.39 Å². The molecule has 1 N–H and O–H groups in total. The van der Waals surface area contributed by atoms with Gasteiger partial charge in [-0.2, -0.15) is 0 Å². The molecule has 0 spiro atoms. The lowest BCUT2D eigenvalue weighted by molar-refractivity contribution is 0.628. The molecular weight excluding hydrogens is 313 g/mol. The Balaban J connectivity index is 2.08. The number of nitrogens with one attached hydrogen (secondary N) is 1. The molecule has 0 atom stereocenters. The first-order valence-electron chi connectivity index (χ1n) is 7.61. The van der Waals surface area contributed by atoms with Gasteiger partial charge in [0.05, 0.1) is 10.5 Å². The number of fused-ring (bicyclic) bond motifs is 1. The molecule has 0 unspecified atom stereocenters. The van der Waals surface area contributed by atoms with Crippen LogP contribution in [0.5, 0.6) is 0 Å². The van der Waals surface area contributed by atoms with Gasteiger partial charge in [-0.1, -0.05) is 25.4 Å². The summed E-state index contributed by atoms with van der Waals surface area (Å²) in [4.78, 5) is 8.69. The fourth-order valence-corrected chi connectivity index (χ4v) is 2.84. The number of nitrogens with zero attached hydrogens (tertiary/aromatic N) is 2. The second-order valence-electron chi connectivity index (χ2n) is 5.32. The molecule has 0 aliphatic heterocycles. The van der Waals surface area contributed by atoms with Crippen LogP contribution in [0, 0.1) is 5.82 Å². The van der Waals surface area contributed by atoms with Crippen LogP contribution in [0.2, 0.25) is 5.02 Å². The first kappa shape index (κ1) is 15.7. The summed E-state index contributed by atoms with van der Waals surface area (Å²) in [6.45, 7) is 4.28. The summed E-state index contributed by atoms with van der Waals surface area (Å²) in [7, 11) is 0. The van der Waals surface area contributed by atoms with Crippen LogP contribution in [-0.4, -0.2) is 9.97 Å². The third-order valence-electron chi connectivity index (χ3n) is 3.90. The Morgan fingerprint density at radius 1 is 1.04 bits per heavy atom. The van der Waals surface area contributed by atoms with Gasteiger partial charge in [0, 0.05) is 11.1 Å². The molecule has 23 heavy (non-hydrogen) atoms. The average molecular weight is 330 g/mol. The van der Waals surface area contributed by atoms with E-state index in [0.29, 0.717) is 11.5 Å². The molecule has 0 bridgehead atoms. The summed E-state index contributed by atoms with van der Waals surface area (Å²) in [5.74, 6) is 0.251. The van der Waals surface area contributed by atoms with Crippen molar-refractivity contribution < 1.29 is 4.39 Å². The molecular formula is C18H17ClFN3. The predicted molar refractivity (Wildman–Crippen MR) is 93.0 cm³/mol. The van der Waals surface area contributed by atoms with E-state index in [0.717, 1.165) is 23.7 Å². The van der Waals surface area contributed by atoms with Crippen molar-refractivity contribution in [3.63, 3.8) is 0 Å². The topological polar surface area (TPSA) is 37.8 Å². The van der Waals surface area contributed by atoms with E-state index in [1.807, 2.05) is 0 Å². The van der Waals surface area contributed by atoms with Crippen LogP contribution in [0.1, 0.15) is 25.0 Å². The molecule has 3 nitrogen and oxygen atoms in total. The van der Waals surface area contributed by atoms with E-state index in [1.165, 1.54) is 23.5 Å². The van der Waals surface area contributed by atoms with Crippen LogP contribution >= 0.6 is 11.6 Å². The number of halogens is 2. The maximum atomic E-state index is 13.3. The van der Waals surface area contributed by atoms with Crippen LogP contribution < -0.4 is 5.32 Å². The fourth-order valence-electron chi connectivity index (χ4n) is 2.66. The van der Waals surface area contributed by atoms with Crippen molar-refractivity contribution in [3.05, 3.63) is 58.6 Å². The molecule has 3 aromatic rings. The Kier molecular flexibility index (Phi) is 4.44. The average Bonchev–Trinajstić information content (AvgIpc) is 2.57. The Morgan fingerprint density at radius 2 is 1.78 bits per heavy atom. The molecule has 5 heteroatoms. The maximum absolute atomic E-state index is 13.3. The van der Waals surface area contributed by atoms with E-state index in [1.54, 1.807) is 12.1 Å². The second kappa shape index (κ2) is 6.50. The Morgan fingerprint density at radius 3 is 2.48 bits per heavy atom. The SMILES string of the molecule is CCc1cc2ncnc(Nc3ccc(F)c(Cl)c3)c2cc1CC. The highest BCUT2D eigenvalue weighted by molar-refractivity contribution is 6.31. The zero-order valence-electron chi connectivity index (χ0n) is 13.0. The largest absolute Gasteiger partial charge is 0.340 e. The number of anilines is 2. The van der Waals surface area contributed by atoms with E-state index >= 15 is 0 Å². The lowest BCUT2D eigenvalue weighted by Gasteiger charge is -2.12. The van der Waals surface area contributed by atoms with Crippen molar-refractivity contribution in [2.24, 2.45) is 0 Å². The highest BCUT2D eigenvalue weighted by Crippen LogP contribution is 2.28. The van der Waals surface area contributed by atoms with Crippen molar-refractivity contribution in [2.45, 2.75) is 26.7 Å². The van der Waals surface area contributed by atoms with Gasteiger partial charge in [-0.15, -0.1) is 0 Å². The second-order valence-corrected chi connectivity index (χ2v) is 5.73. The third kappa shape index (κ3) is 3.13. The lowest BCUT2D eigenvalue weighted by atomic mass is 10.00. The summed E-state index contributed by atoms with van der Waals surface area (Å²) in [5, 5.41) is 4.23. The van der Waals surface area contributed by atoms with Crippen LogP contribution in [-0.2, 0) is 12.8 Å². The fraction of sp³-hybridized carbons (Fsp3) is 0.222. The zero-order valence-corrected chi connectivity index (χ0v) is 13.8. The normalized spacial score (nSPS) is 11.0. The van der Waals surface area contributed by atoms with Gasteiger partial charge in [0.15, 0.2) is 0 Å². The monoisotopic (exact) mass is 329 g/mol. The van der Waals surface area contributed by atoms with Crippen molar-refractivity contribution in [1.29, 1.82) is 0 Å². The maximum Gasteiger partial charge on any atom is 0.141 e. The lowest BCUT2D eigenvalue weighted by Crippen LogP contribution is -1.99. The Bertz CT molecular complexity index is 864. The molecule has 3 rings (SSSR count). The van der Waals surface area contributed by atoms with Gasteiger partial charge in [-0.25, -0.2) is 14.4 Å². The van der Waals surface area contributed by atoms with Gasteiger partial charge in [-0.05, 0) is 54.3 Å². The zero-order chi connectivity index (χ0) is 16.4. The predicted octanol–water partition coefficient (Wildman–Crippen LogP) is 5.29. The highest BCUT2D eigenvalue weighted by atomic mass is 35.5. The van der Waals surface area contributed by atoms with E-state index < -0.39 is 5.82 Å². The summed E-state index contributed by atoms with van der Waals surface area (Å²) < 4.78 is 13.3. The first-order valence-corrected chi connectivity index (χ1v) is 7.98. The minimum Gasteiger partial charge on any atom is -0.340 e.